The highest BCUT2D eigenvalue weighted by atomic mass is 16.5. The maximum Gasteiger partial charge on any atom is 0.123 e. The molecule has 2 aliphatic heterocycles. The predicted octanol–water partition coefficient (Wildman–Crippen LogP) is 1.07. The number of hydrogen-bond acceptors (Lipinski definition) is 4. The van der Waals surface area contributed by atoms with Gasteiger partial charge in [-0.1, -0.05) is 12.1 Å². The Hall–Kier alpha value is -1.10. The van der Waals surface area contributed by atoms with Crippen LogP contribution in [-0.2, 0) is 13.0 Å². The number of ether oxygens (including phenoxy) is 1. The van der Waals surface area contributed by atoms with E-state index in [9.17, 15) is 5.11 Å². The van der Waals surface area contributed by atoms with Crippen LogP contribution in [0, 0.1) is 5.92 Å². The summed E-state index contributed by atoms with van der Waals surface area (Å²) in [5.41, 5.74) is 2.51. The molecule has 4 heteroatoms. The lowest BCUT2D eigenvalue weighted by atomic mass is 10.00. The smallest absolute Gasteiger partial charge is 0.123 e. The molecule has 1 aromatic carbocycles. The third-order valence-electron chi connectivity index (χ3n) is 4.17. The van der Waals surface area contributed by atoms with Gasteiger partial charge < -0.3 is 20.5 Å². The highest BCUT2D eigenvalue weighted by Crippen LogP contribution is 2.35. The van der Waals surface area contributed by atoms with Gasteiger partial charge in [-0.15, -0.1) is 0 Å². The van der Waals surface area contributed by atoms with Gasteiger partial charge in [-0.3, -0.25) is 0 Å². The van der Waals surface area contributed by atoms with Crippen LogP contribution in [0.1, 0.15) is 25.0 Å². The molecule has 0 aromatic heterocycles. The molecule has 0 aliphatic carbocycles. The van der Waals surface area contributed by atoms with Crippen molar-refractivity contribution in [1.29, 1.82) is 0 Å². The fraction of sp³-hybridized carbons (Fsp3) is 0.625. The van der Waals surface area contributed by atoms with Crippen molar-refractivity contribution in [1.82, 2.24) is 10.6 Å². The quantitative estimate of drug-likeness (QED) is 0.770. The fourth-order valence-electron chi connectivity index (χ4n) is 3.10. The molecular weight excluding hydrogens is 252 g/mol. The third kappa shape index (κ3) is 2.97. The minimum Gasteiger partial charge on any atom is -0.487 e. The number of rotatable bonds is 4. The van der Waals surface area contributed by atoms with Crippen molar-refractivity contribution in [3.63, 3.8) is 0 Å². The van der Waals surface area contributed by atoms with Crippen molar-refractivity contribution in [2.45, 2.75) is 38.5 Å². The molecule has 1 aromatic rings. The number of nitrogens with one attached hydrogen (secondary N) is 2. The van der Waals surface area contributed by atoms with Gasteiger partial charge in [0, 0.05) is 38.5 Å². The predicted molar refractivity (Wildman–Crippen MR) is 78.9 cm³/mol. The fourth-order valence-corrected chi connectivity index (χ4v) is 3.10. The van der Waals surface area contributed by atoms with Crippen LogP contribution >= 0.6 is 0 Å². The highest BCUT2D eigenvalue weighted by molar-refractivity contribution is 5.41. The Labute approximate surface area is 120 Å². The zero-order valence-corrected chi connectivity index (χ0v) is 12.3. The summed E-state index contributed by atoms with van der Waals surface area (Å²) in [4.78, 5) is 0. The van der Waals surface area contributed by atoms with Crippen LogP contribution < -0.4 is 15.4 Å². The first-order valence-electron chi connectivity index (χ1n) is 7.44. The van der Waals surface area contributed by atoms with Crippen molar-refractivity contribution < 1.29 is 9.84 Å². The van der Waals surface area contributed by atoms with E-state index < -0.39 is 0 Å². The first-order chi connectivity index (χ1) is 9.53. The van der Waals surface area contributed by atoms with Crippen molar-refractivity contribution in [3.8, 4) is 5.75 Å². The summed E-state index contributed by atoms with van der Waals surface area (Å²) in [7, 11) is 0. The molecule has 2 atom stereocenters. The Balaban J connectivity index is 1.54. The Bertz CT molecular complexity index is 487. The molecule has 0 saturated carbocycles. The summed E-state index contributed by atoms with van der Waals surface area (Å²) in [6, 6.07) is 6.43. The minimum atomic E-state index is -0.211. The van der Waals surface area contributed by atoms with E-state index in [0.29, 0.717) is 5.92 Å². The Morgan fingerprint density at radius 2 is 2.25 bits per heavy atom. The largest absolute Gasteiger partial charge is 0.487 e. The number of aliphatic hydroxyl groups is 1. The molecule has 20 heavy (non-hydrogen) atoms. The van der Waals surface area contributed by atoms with Crippen molar-refractivity contribution in [2.75, 3.05) is 19.6 Å². The normalized spacial score (nSPS) is 27.4. The molecule has 2 aliphatic rings. The monoisotopic (exact) mass is 276 g/mol. The number of aliphatic hydroxyl groups excluding tert-OH is 1. The Morgan fingerprint density at radius 1 is 1.40 bits per heavy atom. The van der Waals surface area contributed by atoms with Crippen LogP contribution in [0.15, 0.2) is 18.2 Å². The summed E-state index contributed by atoms with van der Waals surface area (Å²) in [6.07, 6.45) is 0.762. The van der Waals surface area contributed by atoms with E-state index in [4.69, 9.17) is 4.74 Å². The van der Waals surface area contributed by atoms with E-state index in [1.165, 1.54) is 11.1 Å². The maximum absolute atomic E-state index is 9.75. The summed E-state index contributed by atoms with van der Waals surface area (Å²) in [6.45, 7) is 7.57. The van der Waals surface area contributed by atoms with Gasteiger partial charge in [-0.2, -0.15) is 0 Å². The van der Waals surface area contributed by atoms with Crippen molar-refractivity contribution >= 4 is 0 Å². The minimum absolute atomic E-state index is 0.0754. The average molecular weight is 276 g/mol. The second kappa shape index (κ2) is 5.35. The lowest BCUT2D eigenvalue weighted by molar-refractivity contribution is 0.138. The molecule has 4 nitrogen and oxygen atoms in total. The molecule has 3 rings (SSSR count). The van der Waals surface area contributed by atoms with Crippen molar-refractivity contribution in [2.24, 2.45) is 5.92 Å². The summed E-state index contributed by atoms with van der Waals surface area (Å²) < 4.78 is 5.89. The van der Waals surface area contributed by atoms with E-state index in [1.807, 2.05) is 0 Å². The molecular formula is C16H24N2O2. The molecule has 0 spiro atoms. The standard InChI is InChI=1S/C16H24N2O2/c1-16(2)6-12-5-11(3-4-15(12)20-16)7-17-8-13-9-18-10-14(13)19/h3-5,13-14,17-19H,6-10H2,1-2H3. The highest BCUT2D eigenvalue weighted by Gasteiger charge is 2.30. The molecule has 2 unspecified atom stereocenters. The summed E-state index contributed by atoms with van der Waals surface area (Å²) in [5.74, 6) is 1.35. The molecule has 0 bridgehead atoms. The van der Waals surface area contributed by atoms with E-state index in [2.05, 4.69) is 42.7 Å². The van der Waals surface area contributed by atoms with E-state index in [-0.39, 0.29) is 11.7 Å². The van der Waals surface area contributed by atoms with Gasteiger partial charge in [0.2, 0.25) is 0 Å². The van der Waals surface area contributed by atoms with E-state index >= 15 is 0 Å². The van der Waals surface area contributed by atoms with Gasteiger partial charge in [0.15, 0.2) is 0 Å². The van der Waals surface area contributed by atoms with Crippen LogP contribution in [0.5, 0.6) is 5.75 Å². The van der Waals surface area contributed by atoms with Crippen LogP contribution in [0.4, 0.5) is 0 Å². The van der Waals surface area contributed by atoms with Gasteiger partial charge in [0.05, 0.1) is 6.10 Å². The maximum atomic E-state index is 9.75. The first kappa shape index (κ1) is 13.9. The van der Waals surface area contributed by atoms with Crippen LogP contribution in [0.25, 0.3) is 0 Å². The lowest BCUT2D eigenvalue weighted by Crippen LogP contribution is -2.30. The van der Waals surface area contributed by atoms with Crippen molar-refractivity contribution in [3.05, 3.63) is 29.3 Å². The lowest BCUT2D eigenvalue weighted by Gasteiger charge is -2.16. The molecule has 0 amide bonds. The molecule has 0 radical (unpaired) electrons. The SMILES string of the molecule is CC1(C)Cc2cc(CNCC3CNCC3O)ccc2O1. The average Bonchev–Trinajstić information content (AvgIpc) is 2.91. The first-order valence-corrected chi connectivity index (χ1v) is 7.44. The van der Waals surface area contributed by atoms with E-state index in [1.54, 1.807) is 0 Å². The topological polar surface area (TPSA) is 53.5 Å². The third-order valence-corrected chi connectivity index (χ3v) is 4.17. The molecule has 110 valence electrons. The molecule has 3 N–H and O–H groups in total. The zero-order chi connectivity index (χ0) is 14.2. The van der Waals surface area contributed by atoms with Crippen LogP contribution in [0.2, 0.25) is 0 Å². The molecule has 1 fully saturated rings. The van der Waals surface area contributed by atoms with Gasteiger partial charge in [-0.05, 0) is 31.0 Å². The number of hydrogen-bond donors (Lipinski definition) is 3. The Morgan fingerprint density at radius 3 is 3.00 bits per heavy atom. The zero-order valence-electron chi connectivity index (χ0n) is 12.3. The van der Waals surface area contributed by atoms with Crippen LogP contribution in [0.3, 0.4) is 0 Å². The second-order valence-corrected chi connectivity index (χ2v) is 6.60. The van der Waals surface area contributed by atoms with Gasteiger partial charge in [-0.25, -0.2) is 0 Å². The van der Waals surface area contributed by atoms with Gasteiger partial charge in [0.1, 0.15) is 11.4 Å². The number of benzene rings is 1. The Kier molecular flexibility index (Phi) is 3.71. The van der Waals surface area contributed by atoms with Gasteiger partial charge >= 0.3 is 0 Å². The van der Waals surface area contributed by atoms with E-state index in [0.717, 1.165) is 38.3 Å². The molecule has 2 heterocycles. The van der Waals surface area contributed by atoms with Gasteiger partial charge in [0.25, 0.3) is 0 Å². The van der Waals surface area contributed by atoms with Crippen LogP contribution in [-0.4, -0.2) is 36.4 Å². The summed E-state index contributed by atoms with van der Waals surface area (Å²) >= 11 is 0. The molecule has 1 saturated heterocycles. The number of β-amino-alcohol motifs (C(OH)–C–C–N with tert-alkyl or cyclic N) is 1. The second-order valence-electron chi connectivity index (χ2n) is 6.60. The summed E-state index contributed by atoms with van der Waals surface area (Å²) in [5, 5.41) is 16.4. The number of fused-ring (bicyclic) bond motifs is 1.